The van der Waals surface area contributed by atoms with Gasteiger partial charge in [0.1, 0.15) is 0 Å². The molecule has 2 N–H and O–H groups in total. The molecule has 1 saturated heterocycles. The zero-order chi connectivity index (χ0) is 15.9. The molecule has 1 aliphatic rings. The van der Waals surface area contributed by atoms with Crippen LogP contribution < -0.4 is 5.63 Å². The Labute approximate surface area is 127 Å². The molecule has 2 aromatic rings. The van der Waals surface area contributed by atoms with E-state index in [1.54, 1.807) is 6.07 Å². The molecule has 2 heterocycles. The number of phenols is 2. The Kier molecular flexibility index (Phi) is 3.80. The van der Waals surface area contributed by atoms with Gasteiger partial charge >= 0.3 is 5.63 Å². The van der Waals surface area contributed by atoms with Crippen LogP contribution in [0.4, 0.5) is 0 Å². The van der Waals surface area contributed by atoms with Gasteiger partial charge in [-0.2, -0.15) is 0 Å². The highest BCUT2D eigenvalue weighted by Gasteiger charge is 2.23. The summed E-state index contributed by atoms with van der Waals surface area (Å²) in [7, 11) is 0. The molecule has 1 aliphatic heterocycles. The number of hydrogen-bond donors (Lipinski definition) is 2. The molecule has 1 fully saturated rings. The normalized spacial score (nSPS) is 23.0. The highest BCUT2D eigenvalue weighted by Crippen LogP contribution is 2.34. The maximum atomic E-state index is 11.7. The van der Waals surface area contributed by atoms with Gasteiger partial charge < -0.3 is 19.4 Å². The second-order valence-electron chi connectivity index (χ2n) is 5.85. The van der Waals surface area contributed by atoms with E-state index in [1.807, 2.05) is 13.8 Å². The summed E-state index contributed by atoms with van der Waals surface area (Å²) in [4.78, 5) is 13.9. The quantitative estimate of drug-likeness (QED) is 0.650. The molecule has 2 atom stereocenters. The number of benzene rings is 1. The Morgan fingerprint density at radius 1 is 1.23 bits per heavy atom. The molecule has 1 aromatic carbocycles. The van der Waals surface area contributed by atoms with Gasteiger partial charge in [0.25, 0.3) is 0 Å². The van der Waals surface area contributed by atoms with Crippen molar-refractivity contribution < 1.29 is 19.4 Å². The van der Waals surface area contributed by atoms with Gasteiger partial charge in [0.05, 0.1) is 12.2 Å². The van der Waals surface area contributed by atoms with Crippen molar-refractivity contribution in [3.8, 4) is 11.5 Å². The highest BCUT2D eigenvalue weighted by molar-refractivity contribution is 5.87. The van der Waals surface area contributed by atoms with Crippen LogP contribution in [-0.4, -0.2) is 40.4 Å². The predicted octanol–water partition coefficient (Wildman–Crippen LogP) is 1.81. The zero-order valence-corrected chi connectivity index (χ0v) is 12.6. The summed E-state index contributed by atoms with van der Waals surface area (Å²) in [5.41, 5.74) is 0.248. The van der Waals surface area contributed by atoms with Crippen LogP contribution in [0.2, 0.25) is 0 Å². The number of fused-ring (bicyclic) bond motifs is 1. The summed E-state index contributed by atoms with van der Waals surface area (Å²) in [5, 5.41) is 20.1. The van der Waals surface area contributed by atoms with E-state index in [0.717, 1.165) is 18.7 Å². The molecule has 22 heavy (non-hydrogen) atoms. The van der Waals surface area contributed by atoms with Crippen molar-refractivity contribution in [2.75, 3.05) is 13.1 Å². The third-order valence-corrected chi connectivity index (χ3v) is 3.84. The SMILES string of the molecule is C[C@H]1CN(Cc2cc(=O)oc3c(O)c(O)ccc23)C[C@H](C)O1. The molecule has 0 bridgehead atoms. The Hall–Kier alpha value is -2.05. The third-order valence-electron chi connectivity index (χ3n) is 3.84. The first kappa shape index (κ1) is 14.9. The van der Waals surface area contributed by atoms with Crippen LogP contribution in [0.1, 0.15) is 19.4 Å². The second kappa shape index (κ2) is 5.62. The van der Waals surface area contributed by atoms with Crippen LogP contribution in [-0.2, 0) is 11.3 Å². The number of phenolic OH excluding ortho intramolecular Hbond substituents is 2. The van der Waals surface area contributed by atoms with E-state index in [1.165, 1.54) is 12.1 Å². The van der Waals surface area contributed by atoms with E-state index in [2.05, 4.69) is 4.90 Å². The lowest BCUT2D eigenvalue weighted by Crippen LogP contribution is -2.44. The Bertz CT molecular complexity index is 744. The smallest absolute Gasteiger partial charge is 0.336 e. The van der Waals surface area contributed by atoms with Gasteiger partial charge in [-0.3, -0.25) is 4.90 Å². The number of aromatic hydroxyl groups is 2. The van der Waals surface area contributed by atoms with Crippen molar-refractivity contribution in [2.24, 2.45) is 0 Å². The molecular weight excluding hydrogens is 286 g/mol. The minimum Gasteiger partial charge on any atom is -0.504 e. The number of hydrogen-bond acceptors (Lipinski definition) is 6. The topological polar surface area (TPSA) is 83.1 Å². The number of nitrogens with zero attached hydrogens (tertiary/aromatic N) is 1. The van der Waals surface area contributed by atoms with Crippen molar-refractivity contribution in [2.45, 2.75) is 32.6 Å². The first-order chi connectivity index (χ1) is 10.4. The molecule has 0 spiro atoms. The fraction of sp³-hybridized carbons (Fsp3) is 0.438. The number of morpholine rings is 1. The third kappa shape index (κ3) is 2.80. The molecule has 3 rings (SSSR count). The van der Waals surface area contributed by atoms with E-state index < -0.39 is 11.4 Å². The molecule has 0 radical (unpaired) electrons. The molecule has 0 unspecified atom stereocenters. The monoisotopic (exact) mass is 305 g/mol. The lowest BCUT2D eigenvalue weighted by atomic mass is 10.1. The van der Waals surface area contributed by atoms with Crippen LogP contribution >= 0.6 is 0 Å². The number of ether oxygens (including phenoxy) is 1. The minimum absolute atomic E-state index is 0.0249. The van der Waals surface area contributed by atoms with Gasteiger partial charge in [-0.25, -0.2) is 4.79 Å². The summed E-state index contributed by atoms with van der Waals surface area (Å²) in [6.45, 7) is 6.14. The molecule has 0 saturated carbocycles. The lowest BCUT2D eigenvalue weighted by molar-refractivity contribution is -0.0704. The van der Waals surface area contributed by atoms with Crippen molar-refractivity contribution in [3.63, 3.8) is 0 Å². The standard InChI is InChI=1S/C16H19NO5/c1-9-6-17(7-10(2)21-9)8-11-5-14(19)22-16-12(11)3-4-13(18)15(16)20/h3-5,9-10,18,20H,6-8H2,1-2H3/t9-,10-/m0/s1. The Morgan fingerprint density at radius 3 is 2.59 bits per heavy atom. The van der Waals surface area contributed by atoms with E-state index in [9.17, 15) is 15.0 Å². The van der Waals surface area contributed by atoms with E-state index in [-0.39, 0.29) is 23.5 Å². The molecule has 6 nitrogen and oxygen atoms in total. The molecule has 0 aliphatic carbocycles. The lowest BCUT2D eigenvalue weighted by Gasteiger charge is -2.35. The summed E-state index contributed by atoms with van der Waals surface area (Å²) < 4.78 is 10.7. The van der Waals surface area contributed by atoms with Gasteiger partial charge in [-0.1, -0.05) is 0 Å². The number of rotatable bonds is 2. The van der Waals surface area contributed by atoms with Gasteiger partial charge in [0, 0.05) is 31.1 Å². The molecule has 118 valence electrons. The van der Waals surface area contributed by atoms with Gasteiger partial charge in [-0.05, 0) is 31.5 Å². The summed E-state index contributed by atoms with van der Waals surface area (Å²) in [6, 6.07) is 4.48. The Balaban J connectivity index is 2.00. The van der Waals surface area contributed by atoms with Crippen LogP contribution in [0.5, 0.6) is 11.5 Å². The molecule has 0 amide bonds. The maximum absolute atomic E-state index is 11.7. The predicted molar refractivity (Wildman–Crippen MR) is 81.1 cm³/mol. The van der Waals surface area contributed by atoms with E-state index >= 15 is 0 Å². The average Bonchev–Trinajstić information content (AvgIpc) is 2.42. The fourth-order valence-corrected chi connectivity index (χ4v) is 3.05. The van der Waals surface area contributed by atoms with Gasteiger partial charge in [0.15, 0.2) is 11.3 Å². The van der Waals surface area contributed by atoms with E-state index in [4.69, 9.17) is 9.15 Å². The van der Waals surface area contributed by atoms with Crippen LogP contribution in [0.15, 0.2) is 27.4 Å². The molecule has 1 aromatic heterocycles. The molecular formula is C16H19NO5. The van der Waals surface area contributed by atoms with Crippen molar-refractivity contribution in [1.82, 2.24) is 4.90 Å². The Morgan fingerprint density at radius 2 is 1.91 bits per heavy atom. The van der Waals surface area contributed by atoms with Crippen LogP contribution in [0.3, 0.4) is 0 Å². The van der Waals surface area contributed by atoms with Crippen molar-refractivity contribution in [3.05, 3.63) is 34.2 Å². The summed E-state index contributed by atoms with van der Waals surface area (Å²) in [6.07, 6.45) is 0.264. The van der Waals surface area contributed by atoms with Gasteiger partial charge in [-0.15, -0.1) is 0 Å². The average molecular weight is 305 g/mol. The largest absolute Gasteiger partial charge is 0.504 e. The first-order valence-electron chi connectivity index (χ1n) is 7.29. The fourth-order valence-electron chi connectivity index (χ4n) is 3.05. The highest BCUT2D eigenvalue weighted by atomic mass is 16.5. The second-order valence-corrected chi connectivity index (χ2v) is 5.85. The van der Waals surface area contributed by atoms with Gasteiger partial charge in [0.2, 0.25) is 5.75 Å². The van der Waals surface area contributed by atoms with Crippen molar-refractivity contribution >= 4 is 11.0 Å². The molecule has 6 heteroatoms. The van der Waals surface area contributed by atoms with E-state index in [0.29, 0.717) is 11.9 Å². The maximum Gasteiger partial charge on any atom is 0.336 e. The van der Waals surface area contributed by atoms with Crippen LogP contribution in [0.25, 0.3) is 11.0 Å². The minimum atomic E-state index is -0.544. The zero-order valence-electron chi connectivity index (χ0n) is 12.6. The van der Waals surface area contributed by atoms with Crippen LogP contribution in [0, 0.1) is 0 Å². The van der Waals surface area contributed by atoms with Crippen molar-refractivity contribution in [1.29, 1.82) is 0 Å². The first-order valence-corrected chi connectivity index (χ1v) is 7.29. The summed E-state index contributed by atoms with van der Waals surface area (Å²) in [5.74, 6) is -0.707. The summed E-state index contributed by atoms with van der Waals surface area (Å²) >= 11 is 0.